The summed E-state index contributed by atoms with van der Waals surface area (Å²) in [6, 6.07) is 4.19. The maximum Gasteiger partial charge on any atom is 0.120 e. The molecule has 1 fully saturated rings. The number of benzene rings is 1. The monoisotopic (exact) mass is 305 g/mol. The fourth-order valence-electron chi connectivity index (χ4n) is 2.75. The molecular weight excluding hydrogens is 285 g/mol. The van der Waals surface area contributed by atoms with Crippen LogP contribution >= 0.6 is 24.0 Å². The van der Waals surface area contributed by atoms with Crippen LogP contribution in [0.1, 0.15) is 43.7 Å². The summed E-state index contributed by atoms with van der Waals surface area (Å²) in [5, 5.41) is 20.7. The van der Waals surface area contributed by atoms with E-state index in [4.69, 9.17) is 17.3 Å². The Hall–Kier alpha value is -0.480. The first kappa shape index (κ1) is 16.6. The Morgan fingerprint density at radius 1 is 1.21 bits per heavy atom. The molecule has 0 saturated heterocycles. The van der Waals surface area contributed by atoms with Crippen molar-refractivity contribution in [2.45, 2.75) is 44.2 Å². The first-order valence-electron chi connectivity index (χ1n) is 6.51. The highest BCUT2D eigenvalue weighted by molar-refractivity contribution is 6.30. The molecule has 0 aromatic heterocycles. The lowest BCUT2D eigenvalue weighted by molar-refractivity contribution is 0.0611. The van der Waals surface area contributed by atoms with Gasteiger partial charge in [-0.3, -0.25) is 0 Å². The largest absolute Gasteiger partial charge is 0.508 e. The van der Waals surface area contributed by atoms with Crippen LogP contribution in [0.4, 0.5) is 0 Å². The molecule has 1 aliphatic carbocycles. The zero-order chi connectivity index (χ0) is 13.1. The van der Waals surface area contributed by atoms with Crippen LogP contribution in [-0.2, 0) is 0 Å². The fraction of sp³-hybridized carbons (Fsp3) is 0.571. The Balaban J connectivity index is 0.00000180. The van der Waals surface area contributed by atoms with Gasteiger partial charge >= 0.3 is 0 Å². The Bertz CT molecular complexity index is 408. The van der Waals surface area contributed by atoms with Crippen molar-refractivity contribution in [2.24, 2.45) is 11.7 Å². The highest BCUT2D eigenvalue weighted by Gasteiger charge is 2.29. The number of aromatic hydroxyl groups is 1. The van der Waals surface area contributed by atoms with Gasteiger partial charge < -0.3 is 15.9 Å². The van der Waals surface area contributed by atoms with Gasteiger partial charge in [0.25, 0.3) is 0 Å². The molecule has 1 aromatic rings. The van der Waals surface area contributed by atoms with E-state index in [1.807, 2.05) is 0 Å². The Morgan fingerprint density at radius 2 is 1.84 bits per heavy atom. The molecule has 19 heavy (non-hydrogen) atoms. The summed E-state index contributed by atoms with van der Waals surface area (Å²) in [6.07, 6.45) is 4.94. The summed E-state index contributed by atoms with van der Waals surface area (Å²) in [4.78, 5) is 0. The summed E-state index contributed by atoms with van der Waals surface area (Å²) >= 11 is 5.90. The smallest absolute Gasteiger partial charge is 0.120 e. The minimum absolute atomic E-state index is 0. The second-order valence-electron chi connectivity index (χ2n) is 5.12. The summed E-state index contributed by atoms with van der Waals surface area (Å²) < 4.78 is 0. The minimum Gasteiger partial charge on any atom is -0.508 e. The molecule has 2 atom stereocenters. The number of rotatable bonds is 3. The molecule has 1 aromatic carbocycles. The van der Waals surface area contributed by atoms with Crippen molar-refractivity contribution < 1.29 is 10.2 Å². The van der Waals surface area contributed by atoms with Crippen LogP contribution < -0.4 is 5.73 Å². The third kappa shape index (κ3) is 3.99. The summed E-state index contributed by atoms with van der Waals surface area (Å²) in [5.74, 6) is 0.328. The van der Waals surface area contributed by atoms with Crippen LogP contribution in [0, 0.1) is 5.92 Å². The average Bonchev–Trinajstić information content (AvgIpc) is 2.41. The molecule has 3 nitrogen and oxygen atoms in total. The van der Waals surface area contributed by atoms with Crippen LogP contribution in [0.5, 0.6) is 5.75 Å². The van der Waals surface area contributed by atoms with Gasteiger partial charge in [0.1, 0.15) is 5.75 Å². The molecule has 1 aliphatic rings. The van der Waals surface area contributed by atoms with Gasteiger partial charge in [-0.1, -0.05) is 30.9 Å². The summed E-state index contributed by atoms with van der Waals surface area (Å²) in [6.45, 7) is 0. The molecule has 108 valence electrons. The molecular formula is C14H21Cl2NO2. The maximum absolute atomic E-state index is 10.3. The predicted octanol–water partition coefficient (Wildman–Crippen LogP) is 3.41. The van der Waals surface area contributed by atoms with Crippen molar-refractivity contribution >= 4 is 24.0 Å². The lowest BCUT2D eigenvalue weighted by Crippen LogP contribution is -2.34. The highest BCUT2D eigenvalue weighted by Crippen LogP contribution is 2.34. The molecule has 1 saturated carbocycles. The minimum atomic E-state index is -0.616. The predicted molar refractivity (Wildman–Crippen MR) is 79.9 cm³/mol. The third-order valence-electron chi connectivity index (χ3n) is 3.85. The zero-order valence-corrected chi connectivity index (χ0v) is 12.3. The molecule has 2 rings (SSSR count). The van der Waals surface area contributed by atoms with E-state index in [9.17, 15) is 10.2 Å². The third-order valence-corrected chi connectivity index (χ3v) is 4.08. The normalized spacial score (nSPS) is 19.5. The van der Waals surface area contributed by atoms with Crippen molar-refractivity contribution in [2.75, 3.05) is 0 Å². The van der Waals surface area contributed by atoms with Crippen molar-refractivity contribution in [3.63, 3.8) is 0 Å². The van der Waals surface area contributed by atoms with Gasteiger partial charge in [0.2, 0.25) is 0 Å². The van der Waals surface area contributed by atoms with Gasteiger partial charge in [-0.15, -0.1) is 12.4 Å². The van der Waals surface area contributed by atoms with Crippen LogP contribution in [-0.4, -0.2) is 16.3 Å². The Morgan fingerprint density at radius 3 is 2.47 bits per heavy atom. The zero-order valence-electron chi connectivity index (χ0n) is 10.8. The molecule has 0 spiro atoms. The molecule has 0 unspecified atom stereocenters. The van der Waals surface area contributed by atoms with Gasteiger partial charge in [0.15, 0.2) is 0 Å². The van der Waals surface area contributed by atoms with Crippen LogP contribution in [0.25, 0.3) is 0 Å². The van der Waals surface area contributed by atoms with Crippen molar-refractivity contribution in [1.82, 2.24) is 0 Å². The number of aliphatic hydroxyl groups excluding tert-OH is 1. The number of phenolic OH excluding ortho intramolecular Hbond substituents is 1. The number of phenols is 1. The first-order chi connectivity index (χ1) is 8.59. The van der Waals surface area contributed by atoms with Crippen LogP contribution in [0.2, 0.25) is 5.02 Å². The van der Waals surface area contributed by atoms with E-state index >= 15 is 0 Å². The lowest BCUT2D eigenvalue weighted by atomic mass is 9.81. The number of halogens is 2. The van der Waals surface area contributed by atoms with Crippen molar-refractivity contribution in [1.29, 1.82) is 0 Å². The van der Waals surface area contributed by atoms with Gasteiger partial charge in [0.05, 0.1) is 12.1 Å². The number of hydrogen-bond donors (Lipinski definition) is 3. The lowest BCUT2D eigenvalue weighted by Gasteiger charge is -2.30. The van der Waals surface area contributed by atoms with Crippen LogP contribution in [0.15, 0.2) is 18.2 Å². The molecule has 0 bridgehead atoms. The van der Waals surface area contributed by atoms with Crippen molar-refractivity contribution in [3.05, 3.63) is 28.8 Å². The van der Waals surface area contributed by atoms with Gasteiger partial charge in [-0.05, 0) is 37.0 Å². The standard InChI is InChI=1S/C14H20ClNO2.ClH/c15-10-6-7-12(17)11(8-10)13(16)14(18)9-4-2-1-3-5-9;/h6-9,13-14,17-18H,1-5,16H2;1H/t13-,14+;/m1./s1. The van der Waals surface area contributed by atoms with Crippen LogP contribution in [0.3, 0.4) is 0 Å². The molecule has 0 amide bonds. The second-order valence-corrected chi connectivity index (χ2v) is 5.55. The van der Waals surface area contributed by atoms with E-state index < -0.39 is 12.1 Å². The highest BCUT2D eigenvalue weighted by atomic mass is 35.5. The summed E-state index contributed by atoms with van der Waals surface area (Å²) in [5.41, 5.74) is 6.60. The second kappa shape index (κ2) is 7.34. The van der Waals surface area contributed by atoms with Gasteiger partial charge in [-0.2, -0.15) is 0 Å². The van der Waals surface area contributed by atoms with Crippen molar-refractivity contribution in [3.8, 4) is 5.75 Å². The first-order valence-corrected chi connectivity index (χ1v) is 6.89. The average molecular weight is 306 g/mol. The quantitative estimate of drug-likeness (QED) is 0.801. The fourth-order valence-corrected chi connectivity index (χ4v) is 2.93. The SMILES string of the molecule is Cl.N[C@H](c1cc(Cl)ccc1O)[C@@H](O)C1CCCCC1. The Labute approximate surface area is 125 Å². The van der Waals surface area contributed by atoms with Gasteiger partial charge in [-0.25, -0.2) is 0 Å². The number of hydrogen-bond acceptors (Lipinski definition) is 3. The van der Waals surface area contributed by atoms with E-state index in [1.165, 1.54) is 12.5 Å². The molecule has 4 N–H and O–H groups in total. The molecule has 0 heterocycles. The molecule has 0 radical (unpaired) electrons. The topological polar surface area (TPSA) is 66.5 Å². The van der Waals surface area contributed by atoms with E-state index in [0.29, 0.717) is 10.6 Å². The maximum atomic E-state index is 10.3. The number of aliphatic hydroxyl groups is 1. The van der Waals surface area contributed by atoms with E-state index in [1.54, 1.807) is 12.1 Å². The summed E-state index contributed by atoms with van der Waals surface area (Å²) in [7, 11) is 0. The van der Waals surface area contributed by atoms with E-state index in [0.717, 1.165) is 25.7 Å². The van der Waals surface area contributed by atoms with E-state index in [-0.39, 0.29) is 24.1 Å². The Kier molecular flexibility index (Phi) is 6.40. The number of nitrogens with two attached hydrogens (primary N) is 1. The molecule has 5 heteroatoms. The van der Waals surface area contributed by atoms with Gasteiger partial charge in [0, 0.05) is 10.6 Å². The molecule has 0 aliphatic heterocycles. The van der Waals surface area contributed by atoms with E-state index in [2.05, 4.69) is 0 Å².